The van der Waals surface area contributed by atoms with Crippen molar-refractivity contribution in [3.05, 3.63) is 207 Å². The van der Waals surface area contributed by atoms with E-state index in [1.165, 1.54) is 6.20 Å². The molecule has 12 aromatic rings. The number of nitrogens with one attached hydrogen (secondary N) is 6. The number of carbonyl (C=O) groups is 3. The quantitative estimate of drug-likeness (QED) is 0.0508. The Bertz CT molecular complexity index is 4510. The second kappa shape index (κ2) is 27.1. The molecule has 0 aliphatic carbocycles. The molecule has 15 rings (SSSR count). The molecule has 3 amide bonds. The fourth-order valence-electron chi connectivity index (χ4n) is 9.57. The number of anilines is 4. The second-order valence-corrected chi connectivity index (χ2v) is 23.0. The molecule has 6 N–H and O–H groups in total. The molecule has 3 saturated heterocycles. The summed E-state index contributed by atoms with van der Waals surface area (Å²) in [7, 11) is -3.46. The van der Waals surface area contributed by atoms with Crippen LogP contribution in [0.3, 0.4) is 0 Å². The average molecular weight is 1270 g/mol. The van der Waals surface area contributed by atoms with Crippen molar-refractivity contribution in [1.82, 2.24) is 84.6 Å². The molecule has 3 aliphatic rings. The molecule has 29 nitrogen and oxygen atoms in total. The first kappa shape index (κ1) is 60.1. The van der Waals surface area contributed by atoms with E-state index in [1.807, 2.05) is 88.5 Å². The van der Waals surface area contributed by atoms with Crippen LogP contribution in [-0.4, -0.2) is 157 Å². The lowest BCUT2D eigenvalue weighted by Crippen LogP contribution is -2.30. The Kier molecular flexibility index (Phi) is 17.5. The Labute approximate surface area is 529 Å². The zero-order valence-corrected chi connectivity index (χ0v) is 50.1. The van der Waals surface area contributed by atoms with Gasteiger partial charge in [0.25, 0.3) is 17.7 Å². The van der Waals surface area contributed by atoms with Crippen LogP contribution in [0.15, 0.2) is 189 Å². The van der Waals surface area contributed by atoms with E-state index in [2.05, 4.69) is 91.3 Å². The van der Waals surface area contributed by atoms with Gasteiger partial charge in [0, 0.05) is 66.9 Å². The standard InChI is InChI=1S/C23H21N7O4S.2C20H17N7O2/c1-35(32,33)29-16-9-15(10-24-11-16)18-6-4-7-20(26-18)23(31)27-21-12-30(17-13-34-14-17)28-22(21)19-5-2-3-8-25-19;28-20(17-6-3-5-14(23-17)15-7-9-22-25-15)24-18-10-27(13-11-29-12-13)26-19(18)16-4-1-2-8-21-16;28-20(17-6-3-5-15(24-17)13-8-22-23-9-13)25-18-10-27(14-11-29-12-14)26-19(18)16-4-1-2-7-21-16/h2-12,17,29H,13-14H2,1H3,(H,27,31);1-10,13H,11-12H2,(H,22,25)(H,24,28);1-10,14H,11-12H2,(H,22,23)(H,25,28). The summed E-state index contributed by atoms with van der Waals surface area (Å²) in [5, 5.41) is 36.1. The molecule has 30 heteroatoms. The maximum atomic E-state index is 13.1. The van der Waals surface area contributed by atoms with Gasteiger partial charge in [-0.1, -0.05) is 36.4 Å². The van der Waals surface area contributed by atoms with Crippen LogP contribution in [0.25, 0.3) is 68.1 Å². The number of amides is 3. The van der Waals surface area contributed by atoms with Gasteiger partial charge in [0.2, 0.25) is 10.0 Å². The van der Waals surface area contributed by atoms with Gasteiger partial charge in [0.05, 0.1) is 139 Å². The van der Waals surface area contributed by atoms with E-state index >= 15 is 0 Å². The fraction of sp³-hybridized carbons (Fsp3) is 0.159. The average Bonchev–Trinajstić information content (AvgIpc) is 1.72. The predicted octanol–water partition coefficient (Wildman–Crippen LogP) is 7.70. The summed E-state index contributed by atoms with van der Waals surface area (Å²) in [6, 6.07) is 36.0. The van der Waals surface area contributed by atoms with Gasteiger partial charge in [0.1, 0.15) is 34.2 Å². The van der Waals surface area contributed by atoms with Gasteiger partial charge < -0.3 is 30.2 Å². The zero-order chi connectivity index (χ0) is 63.7. The summed E-state index contributed by atoms with van der Waals surface area (Å²) in [5.74, 6) is -1.07. The fourth-order valence-corrected chi connectivity index (χ4v) is 10.1. The normalized spacial score (nSPS) is 13.8. The summed E-state index contributed by atoms with van der Waals surface area (Å²) < 4.78 is 46.7. The van der Waals surface area contributed by atoms with Crippen LogP contribution in [-0.2, 0) is 24.2 Å². The summed E-state index contributed by atoms with van der Waals surface area (Å²) in [6.07, 6.45) is 19.5. The number of nitrogens with zero attached hydrogens (tertiary/aromatic N) is 15. The Morgan fingerprint density at radius 2 is 0.914 bits per heavy atom. The molecule has 0 bridgehead atoms. The minimum atomic E-state index is -3.46. The molecule has 0 atom stereocenters. The molecule has 3 aliphatic heterocycles. The molecule has 0 spiro atoms. The van der Waals surface area contributed by atoms with Crippen LogP contribution in [0.5, 0.6) is 0 Å². The number of H-pyrrole nitrogens is 2. The number of aromatic amines is 2. The van der Waals surface area contributed by atoms with E-state index < -0.39 is 15.9 Å². The molecule has 3 fully saturated rings. The van der Waals surface area contributed by atoms with Crippen molar-refractivity contribution in [2.45, 2.75) is 18.1 Å². The number of aromatic nitrogens is 17. The highest BCUT2D eigenvalue weighted by molar-refractivity contribution is 7.92. The molecule has 466 valence electrons. The van der Waals surface area contributed by atoms with Crippen molar-refractivity contribution < 1.29 is 37.0 Å². The molecular formula is C63H55N21O8S. The minimum absolute atomic E-state index is 0.102. The predicted molar refractivity (Wildman–Crippen MR) is 339 cm³/mol. The molecular weight excluding hydrogens is 1210 g/mol. The van der Waals surface area contributed by atoms with Crippen molar-refractivity contribution in [3.8, 4) is 68.1 Å². The van der Waals surface area contributed by atoms with Crippen LogP contribution in [0, 0.1) is 0 Å². The number of carbonyl (C=O) groups excluding carboxylic acids is 3. The number of ether oxygens (including phenoxy) is 3. The first-order valence-corrected chi connectivity index (χ1v) is 30.8. The summed E-state index contributed by atoms with van der Waals surface area (Å²) in [5.41, 5.74) is 10.4. The topological polar surface area (TPSA) is 362 Å². The van der Waals surface area contributed by atoms with Crippen molar-refractivity contribution >= 4 is 50.5 Å². The third-order valence-corrected chi connectivity index (χ3v) is 15.1. The van der Waals surface area contributed by atoms with Gasteiger partial charge in [-0.05, 0) is 84.9 Å². The number of hydrogen-bond acceptors (Lipinski definition) is 20. The van der Waals surface area contributed by atoms with Crippen molar-refractivity contribution in [2.75, 3.05) is 66.6 Å². The zero-order valence-electron chi connectivity index (χ0n) is 49.3. The summed E-state index contributed by atoms with van der Waals surface area (Å²) >= 11 is 0. The first-order valence-electron chi connectivity index (χ1n) is 28.9. The Morgan fingerprint density at radius 1 is 0.484 bits per heavy atom. The van der Waals surface area contributed by atoms with E-state index in [9.17, 15) is 22.8 Å². The SMILES string of the molecule is CS(=O)(=O)Nc1cncc(-c2cccc(C(=O)Nc3cn(C4COC4)nc3-c3ccccn3)n2)c1.O=C(Nc1cn(C2COC2)nc1-c1ccccn1)c1cccc(-c2ccn[nH]2)n1.O=C(Nc1cn(C2COC2)nc1-c1ccccn1)c1cccc(-c2cn[nH]c2)n1. The van der Waals surface area contributed by atoms with E-state index in [1.54, 1.807) is 109 Å². The van der Waals surface area contributed by atoms with Crippen LogP contribution in [0.1, 0.15) is 49.6 Å². The van der Waals surface area contributed by atoms with Crippen molar-refractivity contribution in [2.24, 2.45) is 0 Å². The van der Waals surface area contributed by atoms with E-state index in [4.69, 9.17) is 14.2 Å². The molecule has 0 radical (unpaired) electrons. The third kappa shape index (κ3) is 14.3. The van der Waals surface area contributed by atoms with Gasteiger partial charge in [-0.25, -0.2) is 23.4 Å². The molecule has 0 unspecified atom stereocenters. The van der Waals surface area contributed by atoms with Crippen LogP contribution in [0.4, 0.5) is 22.7 Å². The molecule has 0 saturated carbocycles. The molecule has 15 heterocycles. The molecule has 93 heavy (non-hydrogen) atoms. The van der Waals surface area contributed by atoms with Crippen LogP contribution >= 0.6 is 0 Å². The van der Waals surface area contributed by atoms with E-state index in [0.29, 0.717) is 131 Å². The lowest BCUT2D eigenvalue weighted by atomic mass is 10.1. The van der Waals surface area contributed by atoms with Gasteiger partial charge >= 0.3 is 0 Å². The summed E-state index contributed by atoms with van der Waals surface area (Å²) in [4.78, 5) is 69.5. The third-order valence-electron chi connectivity index (χ3n) is 14.5. The highest BCUT2D eigenvalue weighted by Crippen LogP contribution is 2.33. The Balaban J connectivity index is 0.000000128. The van der Waals surface area contributed by atoms with Crippen LogP contribution in [0.2, 0.25) is 0 Å². The largest absolute Gasteiger partial charge is 0.377 e. The van der Waals surface area contributed by atoms with E-state index in [-0.39, 0.29) is 35.6 Å². The summed E-state index contributed by atoms with van der Waals surface area (Å²) in [6.45, 7) is 3.52. The highest BCUT2D eigenvalue weighted by Gasteiger charge is 2.28. The number of sulfonamides is 1. The monoisotopic (exact) mass is 1270 g/mol. The number of hydrogen-bond donors (Lipinski definition) is 6. The maximum Gasteiger partial charge on any atom is 0.274 e. The minimum Gasteiger partial charge on any atom is -0.377 e. The Morgan fingerprint density at radius 3 is 1.29 bits per heavy atom. The Hall–Kier alpha value is -11.9. The molecule has 0 aromatic carbocycles. The number of rotatable bonds is 17. The molecule has 12 aromatic heterocycles. The lowest BCUT2D eigenvalue weighted by Gasteiger charge is -2.25. The first-order chi connectivity index (χ1) is 45.4. The van der Waals surface area contributed by atoms with Crippen molar-refractivity contribution in [3.63, 3.8) is 0 Å². The van der Waals surface area contributed by atoms with Gasteiger partial charge in [-0.2, -0.15) is 25.5 Å². The van der Waals surface area contributed by atoms with Crippen LogP contribution < -0.4 is 20.7 Å². The van der Waals surface area contributed by atoms with Gasteiger partial charge in [-0.3, -0.25) is 63.3 Å². The lowest BCUT2D eigenvalue weighted by molar-refractivity contribution is -0.0285. The second-order valence-electron chi connectivity index (χ2n) is 21.2. The maximum absolute atomic E-state index is 13.1. The van der Waals surface area contributed by atoms with Crippen molar-refractivity contribution in [1.29, 1.82) is 0 Å². The number of pyridine rings is 7. The van der Waals surface area contributed by atoms with E-state index in [0.717, 1.165) is 17.5 Å². The highest BCUT2D eigenvalue weighted by atomic mass is 32.2. The van der Waals surface area contributed by atoms with Gasteiger partial charge in [-0.15, -0.1) is 0 Å². The van der Waals surface area contributed by atoms with Gasteiger partial charge in [0.15, 0.2) is 0 Å². The smallest absolute Gasteiger partial charge is 0.274 e.